The molecule has 1 amide bonds. The number of anilines is 1. The highest BCUT2D eigenvalue weighted by molar-refractivity contribution is 6.46. The second-order valence-electron chi connectivity index (χ2n) is 6.18. The molecule has 4 rings (SSSR count). The number of H-pyrrole nitrogens is 1. The molecule has 0 fully saturated rings. The van der Waals surface area contributed by atoms with Crippen molar-refractivity contribution in [3.8, 4) is 11.1 Å². The number of rotatable bonds is 4. The fourth-order valence-corrected chi connectivity index (χ4v) is 3.91. The van der Waals surface area contributed by atoms with Crippen LogP contribution >= 0.6 is 23.2 Å². The van der Waals surface area contributed by atoms with Gasteiger partial charge in [0.25, 0.3) is 5.91 Å². The van der Waals surface area contributed by atoms with Gasteiger partial charge in [-0.2, -0.15) is 5.10 Å². The van der Waals surface area contributed by atoms with Crippen molar-refractivity contribution in [1.82, 2.24) is 19.7 Å². The summed E-state index contributed by atoms with van der Waals surface area (Å²) in [6, 6.07) is 1.73. The van der Waals surface area contributed by atoms with Crippen molar-refractivity contribution in [3.63, 3.8) is 0 Å². The van der Waals surface area contributed by atoms with Crippen LogP contribution in [0.4, 0.5) is 5.69 Å². The van der Waals surface area contributed by atoms with Gasteiger partial charge in [-0.05, 0) is 6.07 Å². The number of carbonyl (C=O) groups excluding carboxylic acids is 1. The molecule has 0 aliphatic carbocycles. The summed E-state index contributed by atoms with van der Waals surface area (Å²) in [6.45, 7) is 1.53. The molecule has 0 saturated heterocycles. The monoisotopic (exact) mass is 393 g/mol. The lowest BCUT2D eigenvalue weighted by molar-refractivity contribution is 0.0752. The fourth-order valence-electron chi connectivity index (χ4n) is 3.46. The van der Waals surface area contributed by atoms with Gasteiger partial charge in [-0.1, -0.05) is 23.2 Å². The molecule has 3 aromatic rings. The smallest absolute Gasteiger partial charge is 0.270 e. The highest BCUT2D eigenvalue weighted by atomic mass is 35.5. The van der Waals surface area contributed by atoms with Crippen LogP contribution in [-0.4, -0.2) is 57.4 Å². The maximum absolute atomic E-state index is 13.0. The number of aromatic nitrogens is 3. The SMILES string of the molecule is CN1CCn2c(c(-c3cn[nH]c3)c3c(NCCO)cc(Cl)c(Cl)c32)C1=O. The van der Waals surface area contributed by atoms with Gasteiger partial charge in [0.2, 0.25) is 0 Å². The number of carbonyl (C=O) groups is 1. The molecule has 0 atom stereocenters. The number of nitrogens with zero attached hydrogens (tertiary/aromatic N) is 3. The van der Waals surface area contributed by atoms with E-state index in [4.69, 9.17) is 23.2 Å². The van der Waals surface area contributed by atoms with E-state index in [1.165, 1.54) is 0 Å². The summed E-state index contributed by atoms with van der Waals surface area (Å²) in [7, 11) is 1.78. The van der Waals surface area contributed by atoms with Crippen LogP contribution in [0.25, 0.3) is 22.0 Å². The second-order valence-corrected chi connectivity index (χ2v) is 6.97. The van der Waals surface area contributed by atoms with Crippen molar-refractivity contribution in [1.29, 1.82) is 0 Å². The Hall–Kier alpha value is -2.22. The summed E-state index contributed by atoms with van der Waals surface area (Å²) in [5, 5.41) is 20.8. The number of benzene rings is 1. The maximum Gasteiger partial charge on any atom is 0.270 e. The van der Waals surface area contributed by atoms with Crippen molar-refractivity contribution in [3.05, 3.63) is 34.2 Å². The molecule has 7 nitrogen and oxygen atoms in total. The minimum absolute atomic E-state index is 0.0297. The van der Waals surface area contributed by atoms with Gasteiger partial charge in [-0.3, -0.25) is 9.89 Å². The molecule has 9 heteroatoms. The van der Waals surface area contributed by atoms with Gasteiger partial charge in [0.15, 0.2) is 0 Å². The van der Waals surface area contributed by atoms with Crippen LogP contribution in [0, 0.1) is 0 Å². The normalized spacial score (nSPS) is 14.2. The van der Waals surface area contributed by atoms with Crippen LogP contribution in [-0.2, 0) is 6.54 Å². The number of nitrogens with one attached hydrogen (secondary N) is 2. The number of hydrogen-bond acceptors (Lipinski definition) is 4. The fraction of sp³-hybridized carbons (Fsp3) is 0.294. The van der Waals surface area contributed by atoms with E-state index in [0.717, 1.165) is 22.2 Å². The van der Waals surface area contributed by atoms with Crippen molar-refractivity contribution < 1.29 is 9.90 Å². The Labute approximate surface area is 159 Å². The summed E-state index contributed by atoms with van der Waals surface area (Å²) < 4.78 is 1.93. The number of halogens is 2. The molecule has 0 bridgehead atoms. The molecule has 26 heavy (non-hydrogen) atoms. The second kappa shape index (κ2) is 6.50. The average Bonchev–Trinajstić information content (AvgIpc) is 3.26. The van der Waals surface area contributed by atoms with Crippen molar-refractivity contribution >= 4 is 45.7 Å². The van der Waals surface area contributed by atoms with E-state index in [9.17, 15) is 9.90 Å². The molecular weight excluding hydrogens is 377 g/mol. The van der Waals surface area contributed by atoms with Gasteiger partial charge in [-0.25, -0.2) is 0 Å². The first-order valence-corrected chi connectivity index (χ1v) is 8.93. The Morgan fingerprint density at radius 2 is 2.19 bits per heavy atom. The minimum Gasteiger partial charge on any atom is -0.395 e. The van der Waals surface area contributed by atoms with E-state index < -0.39 is 0 Å². The Morgan fingerprint density at radius 1 is 1.38 bits per heavy atom. The maximum atomic E-state index is 13.0. The van der Waals surface area contributed by atoms with Crippen molar-refractivity contribution in [2.24, 2.45) is 0 Å². The third-order valence-corrected chi connectivity index (χ3v) is 5.42. The molecule has 1 aliphatic rings. The molecule has 2 aromatic heterocycles. The summed E-state index contributed by atoms with van der Waals surface area (Å²) in [4.78, 5) is 14.7. The van der Waals surface area contributed by atoms with E-state index in [0.29, 0.717) is 40.9 Å². The van der Waals surface area contributed by atoms with Crippen LogP contribution in [0.5, 0.6) is 0 Å². The summed E-state index contributed by atoms with van der Waals surface area (Å²) in [5.74, 6) is -0.0797. The van der Waals surface area contributed by atoms with Crippen LogP contribution in [0.15, 0.2) is 18.5 Å². The number of aromatic amines is 1. The summed E-state index contributed by atoms with van der Waals surface area (Å²) in [5.41, 5.74) is 3.54. The van der Waals surface area contributed by atoms with Crippen molar-refractivity contribution in [2.75, 3.05) is 32.1 Å². The largest absolute Gasteiger partial charge is 0.395 e. The standard InChI is InChI=1S/C17H17Cl2N5O2/c1-23-3-4-24-15-13(11(20-2-5-25)6-10(18)14(15)19)12(16(24)17(23)26)9-7-21-22-8-9/h6-8,20,25H,2-5H2,1H3,(H,21,22). The number of aliphatic hydroxyl groups is 1. The lowest BCUT2D eigenvalue weighted by atomic mass is 10.0. The number of likely N-dealkylation sites (N-methyl/N-ethyl adjacent to an activating group) is 1. The third kappa shape index (κ3) is 2.46. The molecule has 1 aliphatic heterocycles. The molecule has 3 N–H and O–H groups in total. The Bertz CT molecular complexity index is 997. The van der Waals surface area contributed by atoms with Gasteiger partial charge >= 0.3 is 0 Å². The first kappa shape index (κ1) is 17.2. The lowest BCUT2D eigenvalue weighted by Crippen LogP contribution is -2.37. The van der Waals surface area contributed by atoms with Gasteiger partial charge in [0.05, 0.1) is 28.4 Å². The van der Waals surface area contributed by atoms with Gasteiger partial charge < -0.3 is 19.9 Å². The Morgan fingerprint density at radius 3 is 2.88 bits per heavy atom. The molecule has 3 heterocycles. The zero-order chi connectivity index (χ0) is 18.4. The van der Waals surface area contributed by atoms with Crippen molar-refractivity contribution in [2.45, 2.75) is 6.54 Å². The van der Waals surface area contributed by atoms with Crippen LogP contribution in [0.1, 0.15) is 10.5 Å². The van der Waals surface area contributed by atoms with Crippen LogP contribution in [0.3, 0.4) is 0 Å². The molecule has 0 saturated carbocycles. The van der Waals surface area contributed by atoms with Gasteiger partial charge in [0.1, 0.15) is 5.69 Å². The number of amides is 1. The summed E-state index contributed by atoms with van der Waals surface area (Å²) in [6.07, 6.45) is 3.42. The molecule has 0 spiro atoms. The average molecular weight is 394 g/mol. The molecule has 0 unspecified atom stereocenters. The first-order chi connectivity index (χ1) is 12.5. The number of aliphatic hydroxyl groups excluding tert-OH is 1. The topological polar surface area (TPSA) is 86.2 Å². The highest BCUT2D eigenvalue weighted by Crippen LogP contribution is 2.45. The third-order valence-electron chi connectivity index (χ3n) is 4.64. The highest BCUT2D eigenvalue weighted by Gasteiger charge is 2.32. The number of hydrogen-bond donors (Lipinski definition) is 3. The summed E-state index contributed by atoms with van der Waals surface area (Å²) >= 11 is 12.9. The van der Waals surface area contributed by atoms with E-state index >= 15 is 0 Å². The predicted octanol–water partition coefficient (Wildman–Crippen LogP) is 2.83. The molecular formula is C17H17Cl2N5O2. The van der Waals surface area contributed by atoms with E-state index in [1.807, 2.05) is 4.57 Å². The zero-order valence-electron chi connectivity index (χ0n) is 14.0. The molecule has 0 radical (unpaired) electrons. The van der Waals surface area contributed by atoms with Crippen LogP contribution < -0.4 is 5.32 Å². The van der Waals surface area contributed by atoms with Gasteiger partial charge in [0, 0.05) is 55.1 Å². The molecule has 136 valence electrons. The van der Waals surface area contributed by atoms with E-state index in [-0.39, 0.29) is 12.5 Å². The quantitative estimate of drug-likeness (QED) is 0.635. The van der Waals surface area contributed by atoms with Gasteiger partial charge in [-0.15, -0.1) is 0 Å². The predicted molar refractivity (Wildman–Crippen MR) is 102 cm³/mol. The minimum atomic E-state index is -0.0797. The zero-order valence-corrected chi connectivity index (χ0v) is 15.5. The number of fused-ring (bicyclic) bond motifs is 3. The Kier molecular flexibility index (Phi) is 4.30. The lowest BCUT2D eigenvalue weighted by Gasteiger charge is -2.25. The molecule has 1 aromatic carbocycles. The Balaban J connectivity index is 2.14. The van der Waals surface area contributed by atoms with E-state index in [1.54, 1.807) is 30.4 Å². The van der Waals surface area contributed by atoms with Crippen LogP contribution in [0.2, 0.25) is 10.0 Å². The first-order valence-electron chi connectivity index (χ1n) is 8.18. The van der Waals surface area contributed by atoms with E-state index in [2.05, 4.69) is 15.5 Å².